The number of allylic oxidation sites excluding steroid dienone is 2. The van der Waals surface area contributed by atoms with Crippen molar-refractivity contribution < 1.29 is 24.2 Å². The maximum Gasteiger partial charge on any atom is 0.278 e. The molecular weight excluding hydrogens is 441 g/mol. The minimum Gasteiger partial charge on any atom is -0.503 e. The van der Waals surface area contributed by atoms with E-state index < -0.39 is 34.9 Å². The monoisotopic (exact) mass is 469 g/mol. The number of nitrogens with zero attached hydrogens (tertiary/aromatic N) is 2. The molecule has 1 aliphatic heterocycles. The van der Waals surface area contributed by atoms with Crippen LogP contribution in [0.15, 0.2) is 47.0 Å². The number of aromatic nitrogens is 1. The van der Waals surface area contributed by atoms with Crippen LogP contribution in [0.2, 0.25) is 0 Å². The fourth-order valence-corrected chi connectivity index (χ4v) is 4.64. The molecule has 3 N–H and O–H groups in total. The lowest BCUT2D eigenvalue weighted by Gasteiger charge is -2.37. The molecule has 0 radical (unpaired) electrons. The molecule has 180 valence electrons. The number of hydrogen-bond acceptors (Lipinski definition) is 5. The molecule has 4 rings (SSSR count). The van der Waals surface area contributed by atoms with Crippen molar-refractivity contribution >= 4 is 11.8 Å². The molecule has 1 aliphatic carbocycles. The van der Waals surface area contributed by atoms with Gasteiger partial charge >= 0.3 is 0 Å². The Bertz CT molecular complexity index is 1190. The van der Waals surface area contributed by atoms with Crippen LogP contribution in [0.1, 0.15) is 59.0 Å². The number of rotatable bonds is 5. The topological polar surface area (TPSA) is 112 Å². The maximum atomic E-state index is 13.3. The van der Waals surface area contributed by atoms with Gasteiger partial charge in [0.2, 0.25) is 5.43 Å². The van der Waals surface area contributed by atoms with Gasteiger partial charge in [-0.3, -0.25) is 14.4 Å². The number of halogens is 1. The normalized spacial score (nSPS) is 21.4. The van der Waals surface area contributed by atoms with Crippen molar-refractivity contribution in [1.82, 2.24) is 14.8 Å². The first kappa shape index (κ1) is 23.7. The van der Waals surface area contributed by atoms with Crippen LogP contribution >= 0.6 is 0 Å². The lowest BCUT2D eigenvalue weighted by atomic mass is 9.86. The molecule has 34 heavy (non-hydrogen) atoms. The van der Waals surface area contributed by atoms with Crippen molar-refractivity contribution in [3.05, 3.63) is 75.1 Å². The van der Waals surface area contributed by atoms with Gasteiger partial charge in [-0.1, -0.05) is 31.1 Å². The number of aliphatic hydroxyl groups excluding tert-OH is 1. The molecule has 0 unspecified atom stereocenters. The van der Waals surface area contributed by atoms with Gasteiger partial charge in [0.1, 0.15) is 11.4 Å². The quantitative estimate of drug-likeness (QED) is 0.623. The van der Waals surface area contributed by atoms with Gasteiger partial charge in [0, 0.05) is 30.9 Å². The summed E-state index contributed by atoms with van der Waals surface area (Å²) in [5, 5.41) is 23.6. The number of amides is 2. The van der Waals surface area contributed by atoms with E-state index in [1.54, 1.807) is 13.0 Å². The summed E-state index contributed by atoms with van der Waals surface area (Å²) in [5.74, 6) is -2.50. The zero-order valence-corrected chi connectivity index (χ0v) is 19.0. The van der Waals surface area contributed by atoms with E-state index in [4.69, 9.17) is 0 Å². The fraction of sp³-hybridized carbons (Fsp3) is 0.400. The predicted molar refractivity (Wildman–Crippen MR) is 123 cm³/mol. The smallest absolute Gasteiger partial charge is 0.278 e. The number of aliphatic hydroxyl groups is 1. The van der Waals surface area contributed by atoms with E-state index in [0.717, 1.165) is 19.3 Å². The zero-order valence-electron chi connectivity index (χ0n) is 19.0. The van der Waals surface area contributed by atoms with Crippen LogP contribution in [-0.4, -0.2) is 44.1 Å². The zero-order chi connectivity index (χ0) is 24.4. The largest absolute Gasteiger partial charge is 0.503 e. The summed E-state index contributed by atoms with van der Waals surface area (Å²) in [5.41, 5.74) is -0.0866. The summed E-state index contributed by atoms with van der Waals surface area (Å²) in [6, 6.07) is 5.57. The van der Waals surface area contributed by atoms with Crippen molar-refractivity contribution in [2.24, 2.45) is 5.92 Å². The van der Waals surface area contributed by atoms with Gasteiger partial charge in [-0.05, 0) is 37.5 Å². The van der Waals surface area contributed by atoms with Crippen LogP contribution in [0, 0.1) is 11.7 Å². The number of carbonyl (C=O) groups is 2. The molecule has 0 saturated heterocycles. The first-order chi connectivity index (χ1) is 16.3. The molecule has 0 spiro atoms. The second-order valence-corrected chi connectivity index (χ2v) is 8.81. The van der Waals surface area contributed by atoms with Gasteiger partial charge < -0.3 is 25.0 Å². The molecule has 1 aromatic heterocycles. The van der Waals surface area contributed by atoms with Gasteiger partial charge in [-0.2, -0.15) is 0 Å². The van der Waals surface area contributed by atoms with E-state index in [1.807, 2.05) is 0 Å². The van der Waals surface area contributed by atoms with E-state index in [0.29, 0.717) is 24.2 Å². The van der Waals surface area contributed by atoms with E-state index >= 15 is 0 Å². The molecular formula is C25H28FN3O5. The highest BCUT2D eigenvalue weighted by Crippen LogP contribution is 2.30. The minimum absolute atomic E-state index is 0.0671. The third-order valence-corrected chi connectivity index (χ3v) is 6.61. The third kappa shape index (κ3) is 4.61. The maximum absolute atomic E-state index is 13.3. The average molecular weight is 470 g/mol. The number of hydrogen-bond donors (Lipinski definition) is 3. The van der Waals surface area contributed by atoms with Crippen molar-refractivity contribution in [3.8, 4) is 5.75 Å². The van der Waals surface area contributed by atoms with Crippen LogP contribution in [0.5, 0.6) is 5.75 Å². The Morgan fingerprint density at radius 3 is 2.59 bits per heavy atom. The summed E-state index contributed by atoms with van der Waals surface area (Å²) in [7, 11) is 0. The highest BCUT2D eigenvalue weighted by atomic mass is 19.1. The Hall–Kier alpha value is -3.46. The summed E-state index contributed by atoms with van der Waals surface area (Å²) in [4.78, 5) is 40.3. The first-order valence-corrected chi connectivity index (χ1v) is 11.4. The van der Waals surface area contributed by atoms with Gasteiger partial charge in [0.25, 0.3) is 11.8 Å². The van der Waals surface area contributed by atoms with E-state index in [1.165, 1.54) is 39.9 Å². The van der Waals surface area contributed by atoms with E-state index in [9.17, 15) is 29.0 Å². The Labute approximate surface area is 196 Å². The van der Waals surface area contributed by atoms with Gasteiger partial charge in [0.15, 0.2) is 11.4 Å². The SMILES string of the molecule is C/C=C1\Cn2cc(C(=O)NCc3ccc(F)cc3)c(=O)c(O)c2C(=O)N1C[C@@H]1CCCC[C@@H]1O. The van der Waals surface area contributed by atoms with Gasteiger partial charge in [0.05, 0.1) is 12.6 Å². The molecule has 2 aromatic rings. The molecule has 0 bridgehead atoms. The van der Waals surface area contributed by atoms with Crippen LogP contribution in [0.25, 0.3) is 0 Å². The van der Waals surface area contributed by atoms with Crippen molar-refractivity contribution in [2.75, 3.05) is 6.54 Å². The minimum atomic E-state index is -0.933. The lowest BCUT2D eigenvalue weighted by Crippen LogP contribution is -2.45. The van der Waals surface area contributed by atoms with Crippen LogP contribution in [0.3, 0.4) is 0 Å². The summed E-state index contributed by atoms with van der Waals surface area (Å²) in [6.45, 7) is 2.34. The average Bonchev–Trinajstić information content (AvgIpc) is 2.83. The number of aromatic hydroxyl groups is 1. The fourth-order valence-electron chi connectivity index (χ4n) is 4.64. The highest BCUT2D eigenvalue weighted by Gasteiger charge is 2.36. The Morgan fingerprint density at radius 1 is 1.21 bits per heavy atom. The molecule has 1 aromatic carbocycles. The lowest BCUT2D eigenvalue weighted by molar-refractivity contribution is 0.0431. The Balaban J connectivity index is 1.59. The van der Waals surface area contributed by atoms with Crippen molar-refractivity contribution in [1.29, 1.82) is 0 Å². The highest BCUT2D eigenvalue weighted by molar-refractivity contribution is 5.99. The third-order valence-electron chi connectivity index (χ3n) is 6.61. The van der Waals surface area contributed by atoms with Crippen molar-refractivity contribution in [2.45, 2.75) is 51.8 Å². The predicted octanol–water partition coefficient (Wildman–Crippen LogP) is 2.53. The summed E-state index contributed by atoms with van der Waals surface area (Å²) >= 11 is 0. The number of pyridine rings is 1. The molecule has 8 nitrogen and oxygen atoms in total. The number of carbonyl (C=O) groups excluding carboxylic acids is 2. The first-order valence-electron chi connectivity index (χ1n) is 11.4. The number of nitrogens with one attached hydrogen (secondary N) is 1. The van der Waals surface area contributed by atoms with E-state index in [-0.39, 0.29) is 30.3 Å². The molecule has 2 aliphatic rings. The number of fused-ring (bicyclic) bond motifs is 1. The van der Waals surface area contributed by atoms with E-state index in [2.05, 4.69) is 5.32 Å². The molecule has 1 saturated carbocycles. The summed E-state index contributed by atoms with van der Waals surface area (Å²) in [6.07, 6.45) is 5.98. The van der Waals surface area contributed by atoms with Crippen molar-refractivity contribution in [3.63, 3.8) is 0 Å². The van der Waals surface area contributed by atoms with Gasteiger partial charge in [-0.15, -0.1) is 0 Å². The van der Waals surface area contributed by atoms with Crippen LogP contribution in [0.4, 0.5) is 4.39 Å². The Kier molecular flexibility index (Phi) is 6.83. The van der Waals surface area contributed by atoms with Crippen LogP contribution in [-0.2, 0) is 13.1 Å². The standard InChI is InChI=1S/C25H28FN3O5/c1-2-18-13-28-14-19(24(33)27-11-15-7-9-17(26)10-8-15)22(31)23(32)21(28)25(34)29(18)12-16-5-3-4-6-20(16)30/h2,7-10,14,16,20,30,32H,3-6,11-13H2,1H3,(H,27,33)/b18-2+/t16-,20-/m0/s1. The van der Waals surface area contributed by atoms with Crippen LogP contribution < -0.4 is 10.7 Å². The number of benzene rings is 1. The Morgan fingerprint density at radius 2 is 1.91 bits per heavy atom. The summed E-state index contributed by atoms with van der Waals surface area (Å²) < 4.78 is 14.5. The molecule has 2 atom stereocenters. The molecule has 2 heterocycles. The molecule has 2 amide bonds. The molecule has 1 fully saturated rings. The second-order valence-electron chi connectivity index (χ2n) is 8.81. The van der Waals surface area contributed by atoms with Gasteiger partial charge in [-0.25, -0.2) is 4.39 Å². The second kappa shape index (κ2) is 9.80. The molecule has 9 heteroatoms.